The summed E-state index contributed by atoms with van der Waals surface area (Å²) < 4.78 is 0.947. The Labute approximate surface area is 57.1 Å². The summed E-state index contributed by atoms with van der Waals surface area (Å²) in [5, 5.41) is 9.07. The van der Waals surface area contributed by atoms with Crippen molar-refractivity contribution >= 4 is 0 Å². The Balaban J connectivity index is 2.80. The predicted molar refractivity (Wildman–Crippen MR) is 33.8 cm³/mol. The van der Waals surface area contributed by atoms with Gasteiger partial charge < -0.3 is 5.21 Å². The van der Waals surface area contributed by atoms with Gasteiger partial charge in [-0.2, -0.15) is 4.73 Å². The van der Waals surface area contributed by atoms with Crippen LogP contribution in [0.2, 0.25) is 0 Å². The number of fused-ring (bicyclic) bond motifs is 1. The molecule has 4 heteroatoms. The third-order valence-corrected chi connectivity index (χ3v) is 1.34. The van der Waals surface area contributed by atoms with Crippen molar-refractivity contribution in [2.75, 3.05) is 0 Å². The molecule has 0 saturated carbocycles. The van der Waals surface area contributed by atoms with Gasteiger partial charge in [-0.05, 0) is 0 Å². The largest absolute Gasteiger partial charge is 0.427 e. The van der Waals surface area contributed by atoms with E-state index >= 15 is 0 Å². The van der Waals surface area contributed by atoms with Crippen LogP contribution in [0.15, 0.2) is 24.9 Å². The van der Waals surface area contributed by atoms with E-state index in [1.54, 1.807) is 18.6 Å². The van der Waals surface area contributed by atoms with Crippen LogP contribution < -0.4 is 0 Å². The molecule has 0 atom stereocenters. The minimum atomic E-state index is 0.676. The lowest BCUT2D eigenvalue weighted by atomic mass is 10.3. The molecule has 2 rings (SSSR count). The van der Waals surface area contributed by atoms with Crippen molar-refractivity contribution in [2.45, 2.75) is 0 Å². The Bertz CT molecular complexity index is 317. The molecule has 0 aliphatic carbocycles. The maximum Gasteiger partial charge on any atom is 0.132 e. The number of nitrogens with zero attached hydrogens (tertiary/aromatic N) is 3. The van der Waals surface area contributed by atoms with E-state index in [1.807, 2.05) is 0 Å². The van der Waals surface area contributed by atoms with E-state index in [1.165, 1.54) is 6.33 Å². The molecule has 4 nitrogen and oxygen atoms in total. The first-order valence-electron chi connectivity index (χ1n) is 2.83. The lowest BCUT2D eigenvalue weighted by Crippen LogP contribution is -1.96. The summed E-state index contributed by atoms with van der Waals surface area (Å²) in [5.41, 5.74) is 1.51. The van der Waals surface area contributed by atoms with E-state index in [4.69, 9.17) is 5.21 Å². The first-order chi connectivity index (χ1) is 4.88. The normalized spacial score (nSPS) is 10.4. The van der Waals surface area contributed by atoms with Gasteiger partial charge in [0.15, 0.2) is 0 Å². The Morgan fingerprint density at radius 3 is 2.80 bits per heavy atom. The van der Waals surface area contributed by atoms with Gasteiger partial charge in [-0.15, -0.1) is 0 Å². The van der Waals surface area contributed by atoms with Gasteiger partial charge in [-0.3, -0.25) is 4.98 Å². The van der Waals surface area contributed by atoms with E-state index in [-0.39, 0.29) is 0 Å². The fourth-order valence-corrected chi connectivity index (χ4v) is 0.859. The highest BCUT2D eigenvalue weighted by Gasteiger charge is 2.04. The fourth-order valence-electron chi connectivity index (χ4n) is 0.859. The van der Waals surface area contributed by atoms with E-state index < -0.39 is 0 Å². The van der Waals surface area contributed by atoms with Gasteiger partial charge in [0.25, 0.3) is 0 Å². The molecule has 0 saturated heterocycles. The smallest absolute Gasteiger partial charge is 0.132 e. The summed E-state index contributed by atoms with van der Waals surface area (Å²) in [4.78, 5) is 7.60. The molecule has 50 valence electrons. The molecule has 2 heterocycles. The van der Waals surface area contributed by atoms with Crippen molar-refractivity contribution < 1.29 is 5.21 Å². The predicted octanol–water partition coefficient (Wildman–Crippen LogP) is 0.620. The molecule has 2 aliphatic heterocycles. The van der Waals surface area contributed by atoms with Crippen LogP contribution in [-0.4, -0.2) is 19.9 Å². The maximum atomic E-state index is 9.07. The average Bonchev–Trinajstić information content (AvgIpc) is 2.36. The van der Waals surface area contributed by atoms with E-state index in [0.717, 1.165) is 10.3 Å². The first-order valence-corrected chi connectivity index (χ1v) is 2.83. The van der Waals surface area contributed by atoms with E-state index in [0.29, 0.717) is 5.69 Å². The summed E-state index contributed by atoms with van der Waals surface area (Å²) in [6, 6.07) is 0. The molecule has 0 radical (unpaired) electrons. The highest BCUT2D eigenvalue weighted by Crippen LogP contribution is 2.16. The molecular weight excluding hydrogens is 130 g/mol. The van der Waals surface area contributed by atoms with Crippen LogP contribution in [0.4, 0.5) is 0 Å². The number of hydrogen-bond donors (Lipinski definition) is 1. The molecule has 2 aliphatic rings. The zero-order valence-corrected chi connectivity index (χ0v) is 5.10. The molecule has 10 heavy (non-hydrogen) atoms. The summed E-state index contributed by atoms with van der Waals surface area (Å²) in [7, 11) is 0. The number of aromatic nitrogens is 3. The monoisotopic (exact) mass is 135 g/mol. The lowest BCUT2D eigenvalue weighted by Gasteiger charge is -2.00. The van der Waals surface area contributed by atoms with Crippen molar-refractivity contribution in [1.82, 2.24) is 14.7 Å². The van der Waals surface area contributed by atoms with Crippen molar-refractivity contribution in [3.8, 4) is 11.3 Å². The van der Waals surface area contributed by atoms with Crippen molar-refractivity contribution in [3.63, 3.8) is 0 Å². The van der Waals surface area contributed by atoms with Gasteiger partial charge in [0.05, 0.1) is 6.20 Å². The standard InChI is InChI=1S/C6H5N3O/c10-9-4-8-2-5-1-7-3-6(5)9/h1-4,10H. The Morgan fingerprint density at radius 2 is 2.00 bits per heavy atom. The van der Waals surface area contributed by atoms with Crippen molar-refractivity contribution in [3.05, 3.63) is 24.9 Å². The van der Waals surface area contributed by atoms with Gasteiger partial charge >= 0.3 is 0 Å². The molecule has 0 unspecified atom stereocenters. The molecular formula is C6H5N3O. The molecule has 0 aromatic rings. The van der Waals surface area contributed by atoms with Crippen LogP contribution in [0, 0.1) is 0 Å². The van der Waals surface area contributed by atoms with Gasteiger partial charge in [-0.1, -0.05) is 0 Å². The fraction of sp³-hybridized carbons (Fsp3) is 0. The molecule has 0 aromatic heterocycles. The summed E-state index contributed by atoms with van der Waals surface area (Å²) in [6.45, 7) is 0. The molecule has 0 fully saturated rings. The Kier molecular flexibility index (Phi) is 0.887. The maximum absolute atomic E-state index is 9.07. The van der Waals surface area contributed by atoms with Crippen LogP contribution >= 0.6 is 0 Å². The molecule has 0 amide bonds. The van der Waals surface area contributed by atoms with Crippen LogP contribution in [0.5, 0.6) is 0 Å². The minimum absolute atomic E-state index is 0.676. The van der Waals surface area contributed by atoms with E-state index in [2.05, 4.69) is 9.97 Å². The van der Waals surface area contributed by atoms with Crippen LogP contribution in [0.3, 0.4) is 0 Å². The van der Waals surface area contributed by atoms with Gasteiger partial charge in [0, 0.05) is 18.0 Å². The quantitative estimate of drug-likeness (QED) is 0.539. The Hall–Kier alpha value is -1.58. The van der Waals surface area contributed by atoms with Gasteiger partial charge in [0.1, 0.15) is 12.0 Å². The molecule has 0 aromatic carbocycles. The highest BCUT2D eigenvalue weighted by atomic mass is 16.5. The lowest BCUT2D eigenvalue weighted by molar-refractivity contribution is 0.185. The molecule has 0 bridgehead atoms. The third-order valence-electron chi connectivity index (χ3n) is 1.34. The van der Waals surface area contributed by atoms with Crippen molar-refractivity contribution in [2.24, 2.45) is 0 Å². The second-order valence-electron chi connectivity index (χ2n) is 1.99. The summed E-state index contributed by atoms with van der Waals surface area (Å²) in [6.07, 6.45) is 6.20. The number of rotatable bonds is 0. The van der Waals surface area contributed by atoms with Crippen molar-refractivity contribution in [1.29, 1.82) is 0 Å². The third kappa shape index (κ3) is 0.556. The summed E-state index contributed by atoms with van der Waals surface area (Å²) >= 11 is 0. The van der Waals surface area contributed by atoms with Gasteiger partial charge in [0.2, 0.25) is 0 Å². The second-order valence-corrected chi connectivity index (χ2v) is 1.99. The zero-order chi connectivity index (χ0) is 6.97. The second kappa shape index (κ2) is 1.70. The highest BCUT2D eigenvalue weighted by molar-refractivity contribution is 5.57. The zero-order valence-electron chi connectivity index (χ0n) is 5.10. The van der Waals surface area contributed by atoms with Crippen LogP contribution in [0.1, 0.15) is 0 Å². The first kappa shape index (κ1) is 5.22. The minimum Gasteiger partial charge on any atom is -0.427 e. The van der Waals surface area contributed by atoms with Crippen LogP contribution in [-0.2, 0) is 0 Å². The summed E-state index contributed by atoms with van der Waals surface area (Å²) in [5.74, 6) is 0. The van der Waals surface area contributed by atoms with Crippen LogP contribution in [0.25, 0.3) is 11.3 Å². The van der Waals surface area contributed by atoms with Gasteiger partial charge in [-0.25, -0.2) is 4.98 Å². The molecule has 1 N–H and O–H groups in total. The Morgan fingerprint density at radius 1 is 1.20 bits per heavy atom. The van der Waals surface area contributed by atoms with E-state index in [9.17, 15) is 0 Å². The SMILES string of the molecule is On1cncc2cncc1-2. The average molecular weight is 135 g/mol. The topological polar surface area (TPSA) is 50.9 Å². The molecule has 0 spiro atoms. The number of hydrogen-bond acceptors (Lipinski definition) is 3.